The first kappa shape index (κ1) is 11.7. The third-order valence-electron chi connectivity index (χ3n) is 3.27. The first-order valence-electron chi connectivity index (χ1n) is 5.97. The van der Waals surface area contributed by atoms with Gasteiger partial charge in [0.05, 0.1) is 5.88 Å². The van der Waals surface area contributed by atoms with Crippen LogP contribution < -0.4 is 5.56 Å². The van der Waals surface area contributed by atoms with Crippen molar-refractivity contribution in [2.45, 2.75) is 51.5 Å². The molecule has 0 N–H and O–H groups in total. The van der Waals surface area contributed by atoms with E-state index in [0.29, 0.717) is 5.88 Å². The van der Waals surface area contributed by atoms with Crippen molar-refractivity contribution in [2.24, 2.45) is 0 Å². The Kier molecular flexibility index (Phi) is 3.38. The zero-order chi connectivity index (χ0) is 11.7. The standard InChI is InChI=1S/C13H18ClNO/c1-9(2)15-12-6-4-3-5-10(12)7-11(8-14)13(15)16/h7,9H,3-6,8H2,1-2H3. The van der Waals surface area contributed by atoms with Crippen LogP contribution in [0.15, 0.2) is 10.9 Å². The Morgan fingerprint density at radius 3 is 2.69 bits per heavy atom. The summed E-state index contributed by atoms with van der Waals surface area (Å²) in [7, 11) is 0. The van der Waals surface area contributed by atoms with Crippen LogP contribution in [-0.4, -0.2) is 4.57 Å². The van der Waals surface area contributed by atoms with Crippen LogP contribution in [0.4, 0.5) is 0 Å². The Morgan fingerprint density at radius 2 is 2.06 bits per heavy atom. The van der Waals surface area contributed by atoms with Crippen LogP contribution >= 0.6 is 11.6 Å². The molecule has 1 aliphatic rings. The minimum Gasteiger partial charge on any atom is -0.310 e. The Hall–Kier alpha value is -0.760. The van der Waals surface area contributed by atoms with Crippen LogP contribution in [0.3, 0.4) is 0 Å². The lowest BCUT2D eigenvalue weighted by molar-refractivity contribution is 0.516. The fourth-order valence-electron chi connectivity index (χ4n) is 2.53. The van der Waals surface area contributed by atoms with Crippen molar-refractivity contribution >= 4 is 11.6 Å². The first-order valence-corrected chi connectivity index (χ1v) is 6.50. The molecule has 2 nitrogen and oxygen atoms in total. The van der Waals surface area contributed by atoms with E-state index >= 15 is 0 Å². The summed E-state index contributed by atoms with van der Waals surface area (Å²) >= 11 is 5.84. The molecule has 1 aromatic rings. The summed E-state index contributed by atoms with van der Waals surface area (Å²) in [6.07, 6.45) is 4.54. The summed E-state index contributed by atoms with van der Waals surface area (Å²) in [5.74, 6) is 0.318. The molecule has 16 heavy (non-hydrogen) atoms. The van der Waals surface area contributed by atoms with Gasteiger partial charge in [-0.15, -0.1) is 11.6 Å². The van der Waals surface area contributed by atoms with E-state index in [-0.39, 0.29) is 11.6 Å². The minimum atomic E-state index is 0.102. The number of nitrogens with zero attached hydrogens (tertiary/aromatic N) is 1. The number of pyridine rings is 1. The lowest BCUT2D eigenvalue weighted by Crippen LogP contribution is -2.30. The first-order chi connectivity index (χ1) is 7.65. The van der Waals surface area contributed by atoms with E-state index in [2.05, 4.69) is 13.8 Å². The minimum absolute atomic E-state index is 0.102. The smallest absolute Gasteiger partial charge is 0.255 e. The average Bonchev–Trinajstić information content (AvgIpc) is 2.27. The number of alkyl halides is 1. The zero-order valence-corrected chi connectivity index (χ0v) is 10.7. The highest BCUT2D eigenvalue weighted by Crippen LogP contribution is 2.23. The quantitative estimate of drug-likeness (QED) is 0.728. The molecule has 2 rings (SSSR count). The summed E-state index contributed by atoms with van der Waals surface area (Å²) in [5.41, 5.74) is 3.41. The molecule has 0 amide bonds. The van der Waals surface area contributed by atoms with Gasteiger partial charge in [0.1, 0.15) is 0 Å². The molecule has 0 bridgehead atoms. The lowest BCUT2D eigenvalue weighted by Gasteiger charge is -2.24. The van der Waals surface area contributed by atoms with Crippen LogP contribution in [0.1, 0.15) is 49.6 Å². The van der Waals surface area contributed by atoms with Crippen molar-refractivity contribution in [3.63, 3.8) is 0 Å². The van der Waals surface area contributed by atoms with E-state index in [1.165, 1.54) is 24.1 Å². The van der Waals surface area contributed by atoms with Crippen molar-refractivity contribution in [1.82, 2.24) is 4.57 Å². The Labute approximate surface area is 101 Å². The van der Waals surface area contributed by atoms with E-state index in [1.54, 1.807) is 0 Å². The van der Waals surface area contributed by atoms with Crippen molar-refractivity contribution in [3.05, 3.63) is 33.2 Å². The highest BCUT2D eigenvalue weighted by Gasteiger charge is 2.18. The van der Waals surface area contributed by atoms with E-state index in [4.69, 9.17) is 11.6 Å². The van der Waals surface area contributed by atoms with Crippen molar-refractivity contribution in [2.75, 3.05) is 0 Å². The maximum Gasteiger partial charge on any atom is 0.255 e. The van der Waals surface area contributed by atoms with Crippen LogP contribution in [0.2, 0.25) is 0 Å². The lowest BCUT2D eigenvalue weighted by atomic mass is 9.94. The van der Waals surface area contributed by atoms with Gasteiger partial charge in [0.15, 0.2) is 0 Å². The molecule has 0 aromatic carbocycles. The highest BCUT2D eigenvalue weighted by molar-refractivity contribution is 6.17. The average molecular weight is 240 g/mol. The van der Waals surface area contributed by atoms with Crippen molar-refractivity contribution < 1.29 is 0 Å². The molecule has 0 saturated carbocycles. The van der Waals surface area contributed by atoms with Gasteiger partial charge in [0.2, 0.25) is 0 Å². The van der Waals surface area contributed by atoms with E-state index in [0.717, 1.165) is 18.4 Å². The molecule has 0 unspecified atom stereocenters. The second-order valence-electron chi connectivity index (χ2n) is 4.75. The van der Waals surface area contributed by atoms with Crippen molar-refractivity contribution in [3.8, 4) is 0 Å². The molecule has 0 radical (unpaired) electrons. The SMILES string of the molecule is CC(C)n1c2c(cc(CCl)c1=O)CCCC2. The van der Waals surface area contributed by atoms with Crippen LogP contribution in [0, 0.1) is 0 Å². The van der Waals surface area contributed by atoms with Crippen LogP contribution in [0.5, 0.6) is 0 Å². The largest absolute Gasteiger partial charge is 0.310 e. The maximum absolute atomic E-state index is 12.2. The second kappa shape index (κ2) is 4.62. The monoisotopic (exact) mass is 239 g/mol. The predicted octanol–water partition coefficient (Wildman–Crippen LogP) is 3.05. The molecule has 3 heteroatoms. The number of halogens is 1. The van der Waals surface area contributed by atoms with Gasteiger partial charge in [0, 0.05) is 17.3 Å². The third-order valence-corrected chi connectivity index (χ3v) is 3.56. The summed E-state index contributed by atoms with van der Waals surface area (Å²) < 4.78 is 1.94. The van der Waals surface area contributed by atoms with Gasteiger partial charge >= 0.3 is 0 Å². The number of aromatic nitrogens is 1. The Balaban J connectivity index is 2.67. The topological polar surface area (TPSA) is 22.0 Å². The molecule has 88 valence electrons. The molecule has 0 saturated heterocycles. The Morgan fingerprint density at radius 1 is 1.38 bits per heavy atom. The Bertz CT molecular complexity index is 448. The predicted molar refractivity (Wildman–Crippen MR) is 67.3 cm³/mol. The second-order valence-corrected chi connectivity index (χ2v) is 5.02. The van der Waals surface area contributed by atoms with Crippen LogP contribution in [0.25, 0.3) is 0 Å². The third kappa shape index (κ3) is 1.91. The number of hydrogen-bond donors (Lipinski definition) is 0. The number of rotatable bonds is 2. The zero-order valence-electron chi connectivity index (χ0n) is 9.92. The van der Waals surface area contributed by atoms with E-state index < -0.39 is 0 Å². The van der Waals surface area contributed by atoms with Gasteiger partial charge in [-0.1, -0.05) is 0 Å². The van der Waals surface area contributed by atoms with E-state index in [1.807, 2.05) is 10.6 Å². The molecule has 0 spiro atoms. The summed E-state index contributed by atoms with van der Waals surface area (Å²) in [5, 5.41) is 0. The van der Waals surface area contributed by atoms with Gasteiger partial charge in [0.25, 0.3) is 5.56 Å². The molecular formula is C13H18ClNO. The van der Waals surface area contributed by atoms with Gasteiger partial charge in [-0.2, -0.15) is 0 Å². The van der Waals surface area contributed by atoms with Gasteiger partial charge in [-0.05, 0) is 51.2 Å². The fourth-order valence-corrected chi connectivity index (χ4v) is 2.73. The maximum atomic E-state index is 12.2. The number of hydrogen-bond acceptors (Lipinski definition) is 1. The summed E-state index contributed by atoms with van der Waals surface area (Å²) in [4.78, 5) is 12.2. The molecular weight excluding hydrogens is 222 g/mol. The number of fused-ring (bicyclic) bond motifs is 1. The van der Waals surface area contributed by atoms with Gasteiger partial charge in [-0.25, -0.2) is 0 Å². The summed E-state index contributed by atoms with van der Waals surface area (Å²) in [6.45, 7) is 4.13. The van der Waals surface area contributed by atoms with Gasteiger partial charge < -0.3 is 4.57 Å². The molecule has 0 aliphatic heterocycles. The molecule has 1 aliphatic carbocycles. The van der Waals surface area contributed by atoms with Gasteiger partial charge in [-0.3, -0.25) is 4.79 Å². The molecule has 1 aromatic heterocycles. The molecule has 0 fully saturated rings. The highest BCUT2D eigenvalue weighted by atomic mass is 35.5. The van der Waals surface area contributed by atoms with Crippen LogP contribution in [-0.2, 0) is 18.7 Å². The number of aryl methyl sites for hydroxylation is 1. The normalized spacial score (nSPS) is 15.2. The fraction of sp³-hybridized carbons (Fsp3) is 0.615. The molecule has 1 heterocycles. The van der Waals surface area contributed by atoms with Crippen molar-refractivity contribution in [1.29, 1.82) is 0 Å². The molecule has 0 atom stereocenters. The van der Waals surface area contributed by atoms with E-state index in [9.17, 15) is 4.79 Å². The summed E-state index contributed by atoms with van der Waals surface area (Å²) in [6, 6.07) is 2.24.